The maximum absolute atomic E-state index is 9.00. The van der Waals surface area contributed by atoms with Crippen molar-refractivity contribution in [2.45, 2.75) is 23.9 Å². The highest BCUT2D eigenvalue weighted by Crippen LogP contribution is 2.27. The third kappa shape index (κ3) is 2.83. The highest BCUT2D eigenvalue weighted by Gasteiger charge is 2.06. The van der Waals surface area contributed by atoms with Crippen molar-refractivity contribution in [1.29, 1.82) is 5.26 Å². The molecule has 3 nitrogen and oxygen atoms in total. The molecule has 0 spiro atoms. The van der Waals surface area contributed by atoms with Gasteiger partial charge in [-0.1, -0.05) is 12.1 Å². The average molecular weight is 241 g/mol. The van der Waals surface area contributed by atoms with Gasteiger partial charge in [-0.25, -0.2) is 9.97 Å². The molecule has 84 valence electrons. The largest absolute Gasteiger partial charge is 0.228 e. The van der Waals surface area contributed by atoms with E-state index < -0.39 is 0 Å². The first kappa shape index (κ1) is 11.6. The van der Waals surface area contributed by atoms with Gasteiger partial charge in [-0.2, -0.15) is 5.26 Å². The summed E-state index contributed by atoms with van der Waals surface area (Å²) in [5, 5.41) is 9.69. The first-order chi connectivity index (χ1) is 8.19. The Morgan fingerprint density at radius 3 is 2.41 bits per heavy atom. The van der Waals surface area contributed by atoms with E-state index in [4.69, 9.17) is 5.26 Å². The number of nitriles is 1. The molecule has 0 amide bonds. The van der Waals surface area contributed by atoms with Gasteiger partial charge in [0.1, 0.15) is 6.07 Å². The summed E-state index contributed by atoms with van der Waals surface area (Å²) in [6.45, 7) is 3.88. The van der Waals surface area contributed by atoms with Crippen molar-refractivity contribution in [2.75, 3.05) is 0 Å². The molecule has 2 aromatic rings. The van der Waals surface area contributed by atoms with Gasteiger partial charge in [-0.3, -0.25) is 0 Å². The summed E-state index contributed by atoms with van der Waals surface area (Å²) in [5.41, 5.74) is 2.53. The van der Waals surface area contributed by atoms with Crippen LogP contribution in [0.5, 0.6) is 0 Å². The van der Waals surface area contributed by atoms with E-state index in [1.54, 1.807) is 6.07 Å². The molecule has 0 saturated heterocycles. The van der Waals surface area contributed by atoms with Gasteiger partial charge in [0, 0.05) is 16.3 Å². The average Bonchev–Trinajstić information content (AvgIpc) is 2.28. The number of aromatic nitrogens is 2. The predicted octanol–water partition coefficient (Wildman–Crippen LogP) is 3.12. The molecule has 0 aliphatic carbocycles. The summed E-state index contributed by atoms with van der Waals surface area (Å²) in [6, 6.07) is 11.6. The maximum atomic E-state index is 9.00. The zero-order chi connectivity index (χ0) is 12.3. The summed E-state index contributed by atoms with van der Waals surface area (Å²) >= 11 is 1.42. The molecule has 1 heterocycles. The van der Waals surface area contributed by atoms with Crippen LogP contribution >= 0.6 is 11.8 Å². The highest BCUT2D eigenvalue weighted by atomic mass is 32.2. The van der Waals surface area contributed by atoms with Crippen molar-refractivity contribution < 1.29 is 0 Å². The van der Waals surface area contributed by atoms with Crippen LogP contribution in [0, 0.1) is 25.2 Å². The van der Waals surface area contributed by atoms with Crippen molar-refractivity contribution in [3.63, 3.8) is 0 Å². The second kappa shape index (κ2) is 4.98. The van der Waals surface area contributed by atoms with Crippen LogP contribution in [0.3, 0.4) is 0 Å². The summed E-state index contributed by atoms with van der Waals surface area (Å²) < 4.78 is 0. The molecule has 17 heavy (non-hydrogen) atoms. The quantitative estimate of drug-likeness (QED) is 0.758. The van der Waals surface area contributed by atoms with Gasteiger partial charge >= 0.3 is 0 Å². The van der Waals surface area contributed by atoms with Crippen molar-refractivity contribution >= 4 is 11.8 Å². The number of rotatable bonds is 2. The third-order valence-corrected chi connectivity index (χ3v) is 3.11. The zero-order valence-electron chi connectivity index (χ0n) is 9.64. The Labute approximate surface area is 105 Å². The fourth-order valence-corrected chi connectivity index (χ4v) is 2.43. The Kier molecular flexibility index (Phi) is 3.40. The molecule has 0 bridgehead atoms. The maximum Gasteiger partial charge on any atom is 0.192 e. The van der Waals surface area contributed by atoms with Gasteiger partial charge in [-0.15, -0.1) is 0 Å². The monoisotopic (exact) mass is 241 g/mol. The summed E-state index contributed by atoms with van der Waals surface area (Å²) in [5.74, 6) is 0. The molecule has 0 N–H and O–H groups in total. The second-order valence-electron chi connectivity index (χ2n) is 3.64. The molecule has 1 aromatic carbocycles. The van der Waals surface area contributed by atoms with Crippen LogP contribution in [0.1, 0.15) is 17.0 Å². The Morgan fingerprint density at radius 2 is 1.76 bits per heavy atom. The molecule has 0 aliphatic rings. The molecular weight excluding hydrogens is 230 g/mol. The number of nitrogens with zero attached hydrogens (tertiary/aromatic N) is 3. The minimum atomic E-state index is 0.653. The Balaban J connectivity index is 2.35. The molecule has 0 aliphatic heterocycles. The lowest BCUT2D eigenvalue weighted by atomic mass is 10.2. The molecule has 0 saturated carbocycles. The normalized spacial score (nSPS) is 9.94. The Morgan fingerprint density at radius 1 is 1.12 bits per heavy atom. The van der Waals surface area contributed by atoms with Crippen LogP contribution < -0.4 is 0 Å². The predicted molar refractivity (Wildman–Crippen MR) is 66.8 cm³/mol. The Bertz CT molecular complexity index is 567. The highest BCUT2D eigenvalue weighted by molar-refractivity contribution is 7.99. The van der Waals surface area contributed by atoms with Gasteiger partial charge in [-0.05, 0) is 43.8 Å². The van der Waals surface area contributed by atoms with Crippen molar-refractivity contribution in [3.05, 3.63) is 47.3 Å². The first-order valence-corrected chi connectivity index (χ1v) is 6.00. The molecule has 1 aromatic heterocycles. The van der Waals surface area contributed by atoms with Gasteiger partial charge in [0.25, 0.3) is 0 Å². The molecular formula is C13H11N3S. The van der Waals surface area contributed by atoms with Crippen LogP contribution in [0.15, 0.2) is 40.4 Å². The summed E-state index contributed by atoms with van der Waals surface area (Å²) in [6.07, 6.45) is 0. The minimum absolute atomic E-state index is 0.653. The smallest absolute Gasteiger partial charge is 0.192 e. The molecule has 0 unspecified atom stereocenters. The van der Waals surface area contributed by atoms with Crippen molar-refractivity contribution in [2.24, 2.45) is 0 Å². The first-order valence-electron chi connectivity index (χ1n) is 5.18. The second-order valence-corrected chi connectivity index (χ2v) is 4.65. The van der Waals surface area contributed by atoms with Gasteiger partial charge < -0.3 is 0 Å². The number of benzene rings is 1. The van der Waals surface area contributed by atoms with Crippen LogP contribution in [0.2, 0.25) is 0 Å². The van der Waals surface area contributed by atoms with E-state index in [0.29, 0.717) is 10.7 Å². The molecule has 4 heteroatoms. The number of hydrogen-bond donors (Lipinski definition) is 0. The lowest BCUT2D eigenvalue weighted by molar-refractivity contribution is 0.902. The molecule has 0 atom stereocenters. The number of hydrogen-bond acceptors (Lipinski definition) is 4. The standard InChI is InChI=1S/C13H11N3S/c1-9-7-10(2)16-13(15-9)17-12-6-4-3-5-11(12)8-14/h3-7H,1-2H3. The summed E-state index contributed by atoms with van der Waals surface area (Å²) in [7, 11) is 0. The van der Waals surface area contributed by atoms with Crippen LogP contribution in [0.4, 0.5) is 0 Å². The SMILES string of the molecule is Cc1cc(C)nc(Sc2ccccc2C#N)n1. The number of aryl methyl sites for hydroxylation is 2. The zero-order valence-corrected chi connectivity index (χ0v) is 10.5. The fourth-order valence-electron chi connectivity index (χ4n) is 1.49. The van der Waals surface area contributed by atoms with Crippen LogP contribution in [-0.2, 0) is 0 Å². The van der Waals surface area contributed by atoms with E-state index in [1.807, 2.05) is 38.1 Å². The molecule has 0 fully saturated rings. The lowest BCUT2D eigenvalue weighted by Crippen LogP contribution is -1.93. The molecule has 0 radical (unpaired) electrons. The van der Waals surface area contributed by atoms with Gasteiger partial charge in [0.15, 0.2) is 5.16 Å². The van der Waals surface area contributed by atoms with Crippen molar-refractivity contribution in [1.82, 2.24) is 9.97 Å². The van der Waals surface area contributed by atoms with E-state index in [1.165, 1.54) is 11.8 Å². The van der Waals surface area contributed by atoms with E-state index in [9.17, 15) is 0 Å². The lowest BCUT2D eigenvalue weighted by Gasteiger charge is -2.04. The molecule has 2 rings (SSSR count). The van der Waals surface area contributed by atoms with Gasteiger partial charge in [0.05, 0.1) is 5.56 Å². The summed E-state index contributed by atoms with van der Waals surface area (Å²) in [4.78, 5) is 9.58. The van der Waals surface area contributed by atoms with Crippen LogP contribution in [0.25, 0.3) is 0 Å². The topological polar surface area (TPSA) is 49.6 Å². The Hall–Kier alpha value is -1.86. The van der Waals surface area contributed by atoms with Gasteiger partial charge in [0.2, 0.25) is 0 Å². The van der Waals surface area contributed by atoms with E-state index in [-0.39, 0.29) is 0 Å². The van der Waals surface area contributed by atoms with Crippen LogP contribution in [-0.4, -0.2) is 9.97 Å². The minimum Gasteiger partial charge on any atom is -0.228 e. The fraction of sp³-hybridized carbons (Fsp3) is 0.154. The van der Waals surface area contributed by atoms with E-state index in [2.05, 4.69) is 16.0 Å². The van der Waals surface area contributed by atoms with E-state index >= 15 is 0 Å². The van der Waals surface area contributed by atoms with Crippen molar-refractivity contribution in [3.8, 4) is 6.07 Å². The van der Waals surface area contributed by atoms with E-state index in [0.717, 1.165) is 16.3 Å². The third-order valence-electron chi connectivity index (χ3n) is 2.17.